The van der Waals surface area contributed by atoms with Crippen molar-refractivity contribution in [2.45, 2.75) is 52.2 Å². The van der Waals surface area contributed by atoms with E-state index < -0.39 is 34.1 Å². The molecule has 0 saturated heterocycles. The maximum Gasteiger partial charge on any atom is 0.244 e. The Balaban J connectivity index is 2.09. The monoisotopic (exact) mass is 603 g/mol. The maximum atomic E-state index is 14.1. The standard InChI is InChI=1S/C30H35Cl2N3O4S/c1-21-10-9-13-23(16-21)19-34(27(29(37)33-30(2,3)4)17-22-11-7-6-8-12-22)28(36)20-35(40(5,38)39)24-14-15-25(31)26(32)18-24/h6-16,18,27H,17,19-20H2,1-5H3,(H,33,37)/t27-/m1/s1. The van der Waals surface area contributed by atoms with Crippen LogP contribution in [0.2, 0.25) is 10.0 Å². The van der Waals surface area contributed by atoms with Crippen LogP contribution in [0.5, 0.6) is 0 Å². The van der Waals surface area contributed by atoms with Crippen LogP contribution in [-0.4, -0.2) is 49.5 Å². The summed E-state index contributed by atoms with van der Waals surface area (Å²) in [5, 5.41) is 3.42. The molecule has 0 fully saturated rings. The maximum absolute atomic E-state index is 14.1. The van der Waals surface area contributed by atoms with E-state index in [0.29, 0.717) is 0 Å². The number of aryl methyl sites for hydroxylation is 1. The molecule has 0 aliphatic carbocycles. The van der Waals surface area contributed by atoms with Crippen molar-refractivity contribution in [2.24, 2.45) is 0 Å². The number of nitrogens with zero attached hydrogens (tertiary/aromatic N) is 2. The van der Waals surface area contributed by atoms with Gasteiger partial charge in [0.05, 0.1) is 22.0 Å². The second-order valence-electron chi connectivity index (χ2n) is 10.8. The molecule has 7 nitrogen and oxygen atoms in total. The number of hydrogen-bond acceptors (Lipinski definition) is 4. The Morgan fingerprint density at radius 3 is 2.12 bits per heavy atom. The van der Waals surface area contributed by atoms with E-state index in [-0.39, 0.29) is 34.6 Å². The third kappa shape index (κ3) is 8.98. The summed E-state index contributed by atoms with van der Waals surface area (Å²) in [6.07, 6.45) is 1.26. The molecular weight excluding hydrogens is 569 g/mol. The number of sulfonamides is 1. The van der Waals surface area contributed by atoms with Crippen molar-refractivity contribution in [3.05, 3.63) is 99.5 Å². The Kier molecular flexibility index (Phi) is 10.3. The van der Waals surface area contributed by atoms with Crippen LogP contribution in [-0.2, 0) is 32.6 Å². The lowest BCUT2D eigenvalue weighted by molar-refractivity contribution is -0.140. The van der Waals surface area contributed by atoms with E-state index in [9.17, 15) is 18.0 Å². The molecule has 1 atom stereocenters. The van der Waals surface area contributed by atoms with E-state index in [2.05, 4.69) is 5.32 Å². The third-order valence-electron chi connectivity index (χ3n) is 6.08. The van der Waals surface area contributed by atoms with E-state index in [0.717, 1.165) is 27.3 Å². The van der Waals surface area contributed by atoms with Gasteiger partial charge >= 0.3 is 0 Å². The fourth-order valence-electron chi connectivity index (χ4n) is 4.27. The molecular formula is C30H35Cl2N3O4S. The number of hydrogen-bond donors (Lipinski definition) is 1. The molecule has 0 bridgehead atoms. The lowest BCUT2D eigenvalue weighted by Crippen LogP contribution is -2.56. The van der Waals surface area contributed by atoms with Gasteiger partial charge in [-0.2, -0.15) is 0 Å². The van der Waals surface area contributed by atoms with Crippen LogP contribution in [0.1, 0.15) is 37.5 Å². The summed E-state index contributed by atoms with van der Waals surface area (Å²) in [7, 11) is -3.91. The summed E-state index contributed by atoms with van der Waals surface area (Å²) in [5.74, 6) is -0.874. The predicted molar refractivity (Wildman–Crippen MR) is 162 cm³/mol. The molecule has 3 aromatic carbocycles. The van der Waals surface area contributed by atoms with E-state index >= 15 is 0 Å². The number of amides is 2. The smallest absolute Gasteiger partial charge is 0.244 e. The van der Waals surface area contributed by atoms with E-state index in [1.807, 2.05) is 82.3 Å². The average molecular weight is 605 g/mol. The zero-order valence-corrected chi connectivity index (χ0v) is 25.6. The Morgan fingerprint density at radius 1 is 0.900 bits per heavy atom. The topological polar surface area (TPSA) is 86.8 Å². The SMILES string of the molecule is Cc1cccc(CN(C(=O)CN(c2ccc(Cl)c(Cl)c2)S(C)(=O)=O)[C@H](Cc2ccccc2)C(=O)NC(C)(C)C)c1. The van der Waals surface area contributed by atoms with Crippen molar-refractivity contribution < 1.29 is 18.0 Å². The van der Waals surface area contributed by atoms with Crippen LogP contribution >= 0.6 is 23.2 Å². The minimum atomic E-state index is -3.91. The number of benzene rings is 3. The molecule has 0 aliphatic heterocycles. The molecule has 0 heterocycles. The molecule has 0 saturated carbocycles. The van der Waals surface area contributed by atoms with Gasteiger partial charge in [0, 0.05) is 18.5 Å². The van der Waals surface area contributed by atoms with Crippen molar-refractivity contribution in [3.63, 3.8) is 0 Å². The lowest BCUT2D eigenvalue weighted by Gasteiger charge is -2.35. The van der Waals surface area contributed by atoms with Gasteiger partial charge < -0.3 is 10.2 Å². The third-order valence-corrected chi connectivity index (χ3v) is 7.95. The Labute approximate surface area is 247 Å². The normalized spacial score (nSPS) is 12.5. The molecule has 40 heavy (non-hydrogen) atoms. The van der Waals surface area contributed by atoms with Crippen molar-refractivity contribution in [1.82, 2.24) is 10.2 Å². The predicted octanol–water partition coefficient (Wildman–Crippen LogP) is 5.62. The van der Waals surface area contributed by atoms with E-state index in [4.69, 9.17) is 23.2 Å². The van der Waals surface area contributed by atoms with Gasteiger partial charge in [0.2, 0.25) is 21.8 Å². The van der Waals surface area contributed by atoms with Crippen LogP contribution in [0, 0.1) is 6.92 Å². The summed E-state index contributed by atoms with van der Waals surface area (Å²) in [6.45, 7) is 7.12. The zero-order valence-electron chi connectivity index (χ0n) is 23.3. The molecule has 214 valence electrons. The van der Waals surface area contributed by atoms with Crippen LogP contribution in [0.3, 0.4) is 0 Å². The van der Waals surface area contributed by atoms with Gasteiger partial charge in [0.1, 0.15) is 12.6 Å². The molecule has 0 radical (unpaired) electrons. The van der Waals surface area contributed by atoms with E-state index in [1.54, 1.807) is 0 Å². The van der Waals surface area contributed by atoms with Gasteiger partial charge in [-0.1, -0.05) is 83.4 Å². The first kappa shape index (κ1) is 31.5. The van der Waals surface area contributed by atoms with Gasteiger partial charge in [0.25, 0.3) is 0 Å². The first-order valence-corrected chi connectivity index (χ1v) is 15.4. The van der Waals surface area contributed by atoms with Crippen molar-refractivity contribution in [1.29, 1.82) is 0 Å². The second-order valence-corrected chi connectivity index (χ2v) is 13.5. The largest absolute Gasteiger partial charge is 0.350 e. The number of anilines is 1. The lowest BCUT2D eigenvalue weighted by atomic mass is 10.0. The second kappa shape index (κ2) is 13.1. The first-order valence-electron chi connectivity index (χ1n) is 12.8. The molecule has 0 aliphatic rings. The zero-order chi connectivity index (χ0) is 29.7. The minimum Gasteiger partial charge on any atom is -0.350 e. The average Bonchev–Trinajstić information content (AvgIpc) is 2.85. The van der Waals surface area contributed by atoms with Crippen LogP contribution in [0.25, 0.3) is 0 Å². The summed E-state index contributed by atoms with van der Waals surface area (Å²) < 4.78 is 26.7. The molecule has 1 N–H and O–H groups in total. The van der Waals surface area contributed by atoms with Crippen LogP contribution in [0.15, 0.2) is 72.8 Å². The minimum absolute atomic E-state index is 0.106. The number of carbonyl (C=O) groups is 2. The van der Waals surface area contributed by atoms with Crippen molar-refractivity contribution in [3.8, 4) is 0 Å². The highest BCUT2D eigenvalue weighted by atomic mass is 35.5. The van der Waals surface area contributed by atoms with Gasteiger partial charge in [-0.3, -0.25) is 13.9 Å². The van der Waals surface area contributed by atoms with Gasteiger partial charge in [0.15, 0.2) is 0 Å². The van der Waals surface area contributed by atoms with Crippen molar-refractivity contribution in [2.75, 3.05) is 17.1 Å². The van der Waals surface area contributed by atoms with Crippen LogP contribution < -0.4 is 9.62 Å². The van der Waals surface area contributed by atoms with Gasteiger partial charge in [-0.05, 0) is 57.0 Å². The molecule has 3 aromatic rings. The fraction of sp³-hybridized carbons (Fsp3) is 0.333. The molecule has 0 aromatic heterocycles. The Morgan fingerprint density at radius 2 is 1.55 bits per heavy atom. The Bertz CT molecular complexity index is 1460. The first-order chi connectivity index (χ1) is 18.6. The summed E-state index contributed by atoms with van der Waals surface area (Å²) in [5.41, 5.74) is 2.32. The summed E-state index contributed by atoms with van der Waals surface area (Å²) in [4.78, 5) is 29.3. The van der Waals surface area contributed by atoms with Gasteiger partial charge in [-0.15, -0.1) is 0 Å². The van der Waals surface area contributed by atoms with Crippen LogP contribution in [0.4, 0.5) is 5.69 Å². The number of rotatable bonds is 10. The van der Waals surface area contributed by atoms with Gasteiger partial charge in [-0.25, -0.2) is 8.42 Å². The number of carbonyl (C=O) groups excluding carboxylic acids is 2. The fourth-order valence-corrected chi connectivity index (χ4v) is 5.40. The molecule has 3 rings (SSSR count). The summed E-state index contributed by atoms with van der Waals surface area (Å²) in [6, 6.07) is 20.5. The molecule has 2 amide bonds. The van der Waals surface area contributed by atoms with Crippen molar-refractivity contribution >= 4 is 50.7 Å². The quantitative estimate of drug-likeness (QED) is 0.326. The summed E-state index contributed by atoms with van der Waals surface area (Å²) >= 11 is 12.2. The molecule has 10 heteroatoms. The molecule has 0 spiro atoms. The highest BCUT2D eigenvalue weighted by Gasteiger charge is 2.34. The number of halogens is 2. The highest BCUT2D eigenvalue weighted by Crippen LogP contribution is 2.29. The number of nitrogens with one attached hydrogen (secondary N) is 1. The molecule has 0 unspecified atom stereocenters. The Hall–Kier alpha value is -3.07. The van der Waals surface area contributed by atoms with E-state index in [1.165, 1.54) is 23.1 Å². The highest BCUT2D eigenvalue weighted by molar-refractivity contribution is 7.92.